The van der Waals surface area contributed by atoms with Crippen LogP contribution in [0.2, 0.25) is 0 Å². The van der Waals surface area contributed by atoms with Crippen LogP contribution in [-0.4, -0.2) is 30.9 Å². The Hall–Kier alpha value is -4.34. The van der Waals surface area contributed by atoms with Gasteiger partial charge in [0.05, 0.1) is 21.9 Å². The minimum atomic E-state index is -0.532. The summed E-state index contributed by atoms with van der Waals surface area (Å²) in [5.41, 5.74) is 3.60. The standard InChI is InChI=1S/C21H17N5O5/c1-13-11-14(2)25(24-13)17-7-5-16(6-8-17)21(27)30-12-19-22-23-20(31-19)15-3-9-18(10-4-15)26(28)29/h3-11H,12H2,1-2H3. The largest absolute Gasteiger partial charge is 0.452 e. The molecule has 4 aromatic rings. The first-order chi connectivity index (χ1) is 14.9. The molecule has 10 heteroatoms. The van der Waals surface area contributed by atoms with Crippen molar-refractivity contribution < 1.29 is 18.9 Å². The molecule has 156 valence electrons. The maximum Gasteiger partial charge on any atom is 0.338 e. The molecular weight excluding hydrogens is 402 g/mol. The highest BCUT2D eigenvalue weighted by atomic mass is 16.6. The summed E-state index contributed by atoms with van der Waals surface area (Å²) in [5.74, 6) is -0.244. The molecule has 0 aliphatic carbocycles. The van der Waals surface area contributed by atoms with Gasteiger partial charge in [0.25, 0.3) is 11.6 Å². The second kappa shape index (κ2) is 8.19. The molecule has 0 N–H and O–H groups in total. The van der Waals surface area contributed by atoms with Crippen LogP contribution in [0.25, 0.3) is 17.1 Å². The van der Waals surface area contributed by atoms with Gasteiger partial charge in [0, 0.05) is 23.4 Å². The SMILES string of the molecule is Cc1cc(C)n(-c2ccc(C(=O)OCc3nnc(-c4ccc([N+](=O)[O-])cc4)o3)cc2)n1. The lowest BCUT2D eigenvalue weighted by Crippen LogP contribution is -2.06. The number of nitro benzene ring substituents is 1. The van der Waals surface area contributed by atoms with Crippen molar-refractivity contribution in [3.63, 3.8) is 0 Å². The number of carbonyl (C=O) groups is 1. The van der Waals surface area contributed by atoms with E-state index in [4.69, 9.17) is 9.15 Å². The van der Waals surface area contributed by atoms with Gasteiger partial charge < -0.3 is 9.15 Å². The lowest BCUT2D eigenvalue weighted by Gasteiger charge is -2.06. The number of aromatic nitrogens is 4. The van der Waals surface area contributed by atoms with Crippen LogP contribution in [0, 0.1) is 24.0 Å². The Morgan fingerprint density at radius 3 is 2.42 bits per heavy atom. The molecule has 4 rings (SSSR count). The summed E-state index contributed by atoms with van der Waals surface area (Å²) in [6.07, 6.45) is 0. The second-order valence-corrected chi connectivity index (χ2v) is 6.77. The van der Waals surface area contributed by atoms with Gasteiger partial charge in [0.2, 0.25) is 5.89 Å². The highest BCUT2D eigenvalue weighted by molar-refractivity contribution is 5.89. The normalized spacial score (nSPS) is 10.8. The van der Waals surface area contributed by atoms with E-state index in [9.17, 15) is 14.9 Å². The zero-order valence-corrected chi connectivity index (χ0v) is 16.7. The summed E-state index contributed by atoms with van der Waals surface area (Å²) >= 11 is 0. The van der Waals surface area contributed by atoms with Crippen molar-refractivity contribution in [2.45, 2.75) is 20.5 Å². The molecule has 2 heterocycles. The fourth-order valence-electron chi connectivity index (χ4n) is 2.99. The minimum absolute atomic E-state index is 0.0405. The number of hydrogen-bond acceptors (Lipinski definition) is 8. The first kappa shape index (κ1) is 20.0. The molecular formula is C21H17N5O5. The van der Waals surface area contributed by atoms with Gasteiger partial charge >= 0.3 is 5.97 Å². The molecule has 2 aromatic heterocycles. The van der Waals surface area contributed by atoms with E-state index in [2.05, 4.69) is 15.3 Å². The molecule has 2 aromatic carbocycles. The molecule has 0 atom stereocenters. The fourth-order valence-corrected chi connectivity index (χ4v) is 2.99. The Morgan fingerprint density at radius 2 is 1.81 bits per heavy atom. The predicted molar refractivity (Wildman–Crippen MR) is 109 cm³/mol. The summed E-state index contributed by atoms with van der Waals surface area (Å²) in [4.78, 5) is 22.5. The van der Waals surface area contributed by atoms with E-state index in [0.29, 0.717) is 11.1 Å². The molecule has 0 fully saturated rings. The minimum Gasteiger partial charge on any atom is -0.452 e. The van der Waals surface area contributed by atoms with E-state index in [1.807, 2.05) is 19.9 Å². The molecule has 31 heavy (non-hydrogen) atoms. The maximum atomic E-state index is 12.3. The van der Waals surface area contributed by atoms with Crippen LogP contribution in [0.3, 0.4) is 0 Å². The molecule has 0 unspecified atom stereocenters. The van der Waals surface area contributed by atoms with Crippen LogP contribution in [0.1, 0.15) is 27.6 Å². The van der Waals surface area contributed by atoms with Gasteiger partial charge in [-0.2, -0.15) is 5.10 Å². The van der Waals surface area contributed by atoms with E-state index in [0.717, 1.165) is 17.1 Å². The lowest BCUT2D eigenvalue weighted by atomic mass is 10.2. The van der Waals surface area contributed by atoms with Crippen LogP contribution < -0.4 is 0 Å². The van der Waals surface area contributed by atoms with Gasteiger partial charge in [-0.3, -0.25) is 10.1 Å². The third-order valence-electron chi connectivity index (χ3n) is 4.48. The average Bonchev–Trinajstić information content (AvgIpc) is 3.38. The Morgan fingerprint density at radius 1 is 1.10 bits per heavy atom. The number of ether oxygens (including phenoxy) is 1. The van der Waals surface area contributed by atoms with Crippen molar-refractivity contribution >= 4 is 11.7 Å². The van der Waals surface area contributed by atoms with Gasteiger partial charge in [-0.1, -0.05) is 0 Å². The van der Waals surface area contributed by atoms with Gasteiger partial charge in [-0.25, -0.2) is 9.48 Å². The van der Waals surface area contributed by atoms with Crippen molar-refractivity contribution in [2.24, 2.45) is 0 Å². The Kier molecular flexibility index (Phi) is 5.27. The molecule has 10 nitrogen and oxygen atoms in total. The first-order valence-corrected chi connectivity index (χ1v) is 9.29. The van der Waals surface area contributed by atoms with Gasteiger partial charge in [-0.05, 0) is 56.3 Å². The lowest BCUT2D eigenvalue weighted by molar-refractivity contribution is -0.384. The van der Waals surface area contributed by atoms with Crippen LogP contribution in [-0.2, 0) is 11.3 Å². The number of carbonyl (C=O) groups excluding carboxylic acids is 1. The highest BCUT2D eigenvalue weighted by Gasteiger charge is 2.14. The predicted octanol–water partition coefficient (Wildman–Crippen LogP) is 3.80. The fraction of sp³-hybridized carbons (Fsp3) is 0.143. The second-order valence-electron chi connectivity index (χ2n) is 6.77. The number of esters is 1. The van der Waals surface area contributed by atoms with Crippen LogP contribution in [0.4, 0.5) is 5.69 Å². The number of benzene rings is 2. The van der Waals surface area contributed by atoms with Crippen molar-refractivity contribution in [3.8, 4) is 17.1 Å². The quantitative estimate of drug-likeness (QED) is 0.262. The van der Waals surface area contributed by atoms with E-state index >= 15 is 0 Å². The summed E-state index contributed by atoms with van der Waals surface area (Å²) in [6.45, 7) is 3.68. The Bertz CT molecular complexity index is 1240. The number of nitrogens with zero attached hydrogens (tertiary/aromatic N) is 5. The van der Waals surface area contributed by atoms with E-state index < -0.39 is 10.9 Å². The molecule has 0 spiro atoms. The smallest absolute Gasteiger partial charge is 0.338 e. The molecule has 0 saturated carbocycles. The number of rotatable bonds is 6. The van der Waals surface area contributed by atoms with E-state index in [1.54, 1.807) is 28.9 Å². The first-order valence-electron chi connectivity index (χ1n) is 9.29. The molecule has 0 aliphatic heterocycles. The summed E-state index contributed by atoms with van der Waals surface area (Å²) in [7, 11) is 0. The Labute approximate surface area is 176 Å². The molecule has 0 amide bonds. The van der Waals surface area contributed by atoms with Crippen molar-refractivity contribution in [2.75, 3.05) is 0 Å². The van der Waals surface area contributed by atoms with Crippen LogP contribution >= 0.6 is 0 Å². The third kappa shape index (κ3) is 4.32. The maximum absolute atomic E-state index is 12.3. The van der Waals surface area contributed by atoms with Gasteiger partial charge in [0.1, 0.15) is 0 Å². The van der Waals surface area contributed by atoms with Gasteiger partial charge in [0.15, 0.2) is 6.61 Å². The van der Waals surface area contributed by atoms with Crippen molar-refractivity contribution in [1.29, 1.82) is 0 Å². The van der Waals surface area contributed by atoms with Crippen LogP contribution in [0.5, 0.6) is 0 Å². The molecule has 0 aliphatic rings. The highest BCUT2D eigenvalue weighted by Crippen LogP contribution is 2.21. The number of hydrogen-bond donors (Lipinski definition) is 0. The monoisotopic (exact) mass is 419 g/mol. The molecule has 0 radical (unpaired) electrons. The van der Waals surface area contributed by atoms with Crippen molar-refractivity contribution in [3.05, 3.63) is 87.6 Å². The zero-order chi connectivity index (χ0) is 22.0. The third-order valence-corrected chi connectivity index (χ3v) is 4.48. The van der Waals surface area contributed by atoms with Gasteiger partial charge in [-0.15, -0.1) is 10.2 Å². The summed E-state index contributed by atoms with van der Waals surface area (Å²) in [6, 6.07) is 14.6. The van der Waals surface area contributed by atoms with E-state index in [-0.39, 0.29) is 24.1 Å². The van der Waals surface area contributed by atoms with Crippen molar-refractivity contribution in [1.82, 2.24) is 20.0 Å². The topological polar surface area (TPSA) is 126 Å². The number of nitro groups is 1. The van der Waals surface area contributed by atoms with Crippen LogP contribution in [0.15, 0.2) is 59.0 Å². The number of aryl methyl sites for hydroxylation is 2. The summed E-state index contributed by atoms with van der Waals surface area (Å²) < 4.78 is 12.5. The molecule has 0 bridgehead atoms. The number of non-ortho nitro benzene ring substituents is 1. The average molecular weight is 419 g/mol. The zero-order valence-electron chi connectivity index (χ0n) is 16.7. The summed E-state index contributed by atoms with van der Waals surface area (Å²) in [5, 5.41) is 22.9. The van der Waals surface area contributed by atoms with E-state index in [1.165, 1.54) is 24.3 Å². The molecule has 0 saturated heterocycles. The Balaban J connectivity index is 1.39.